The first-order chi connectivity index (χ1) is 9.05. The van der Waals surface area contributed by atoms with Crippen LogP contribution in [0.25, 0.3) is 0 Å². The van der Waals surface area contributed by atoms with Gasteiger partial charge < -0.3 is 5.32 Å². The first-order valence-corrected chi connectivity index (χ1v) is 6.66. The molecule has 19 heavy (non-hydrogen) atoms. The van der Waals surface area contributed by atoms with E-state index in [-0.39, 0.29) is 5.54 Å². The minimum absolute atomic E-state index is 0.0106. The fraction of sp³-hybridized carbons (Fsp3) is 0.375. The topological polar surface area (TPSA) is 37.8 Å². The van der Waals surface area contributed by atoms with Crippen molar-refractivity contribution in [3.05, 3.63) is 54.0 Å². The molecule has 0 bridgehead atoms. The van der Waals surface area contributed by atoms with Gasteiger partial charge in [-0.3, -0.25) is 0 Å². The molecule has 1 aromatic carbocycles. The molecule has 3 nitrogen and oxygen atoms in total. The van der Waals surface area contributed by atoms with E-state index < -0.39 is 0 Å². The maximum absolute atomic E-state index is 4.26. The number of nitrogens with zero attached hydrogens (tertiary/aromatic N) is 2. The monoisotopic (exact) mass is 255 g/mol. The SMILES string of the molecule is Cc1cc(NC(C)(C)CCc2ccccc2)ncn1. The molecule has 1 N–H and O–H groups in total. The summed E-state index contributed by atoms with van der Waals surface area (Å²) >= 11 is 0. The second kappa shape index (κ2) is 5.83. The molecule has 0 spiro atoms. The van der Waals surface area contributed by atoms with Crippen molar-refractivity contribution in [2.24, 2.45) is 0 Å². The Labute approximate surface area is 115 Å². The van der Waals surface area contributed by atoms with Gasteiger partial charge >= 0.3 is 0 Å². The Morgan fingerprint density at radius 3 is 2.53 bits per heavy atom. The predicted molar refractivity (Wildman–Crippen MR) is 79.2 cm³/mol. The van der Waals surface area contributed by atoms with Crippen molar-refractivity contribution in [2.75, 3.05) is 5.32 Å². The van der Waals surface area contributed by atoms with E-state index in [9.17, 15) is 0 Å². The summed E-state index contributed by atoms with van der Waals surface area (Å²) in [7, 11) is 0. The molecular weight excluding hydrogens is 234 g/mol. The lowest BCUT2D eigenvalue weighted by atomic mass is 9.95. The van der Waals surface area contributed by atoms with E-state index in [1.54, 1.807) is 6.33 Å². The molecule has 0 aliphatic heterocycles. The summed E-state index contributed by atoms with van der Waals surface area (Å²) in [6.45, 7) is 6.38. The summed E-state index contributed by atoms with van der Waals surface area (Å²) in [4.78, 5) is 8.37. The second-order valence-electron chi connectivity index (χ2n) is 5.54. The summed E-state index contributed by atoms with van der Waals surface area (Å²) in [6.07, 6.45) is 3.72. The summed E-state index contributed by atoms with van der Waals surface area (Å²) in [5.41, 5.74) is 2.36. The van der Waals surface area contributed by atoms with Crippen molar-refractivity contribution in [1.29, 1.82) is 0 Å². The van der Waals surface area contributed by atoms with Crippen LogP contribution in [-0.2, 0) is 6.42 Å². The van der Waals surface area contributed by atoms with E-state index >= 15 is 0 Å². The van der Waals surface area contributed by atoms with Crippen LogP contribution in [0.2, 0.25) is 0 Å². The van der Waals surface area contributed by atoms with Crippen LogP contribution >= 0.6 is 0 Å². The molecule has 1 heterocycles. The molecular formula is C16H21N3. The van der Waals surface area contributed by atoms with Crippen LogP contribution in [0, 0.1) is 6.92 Å². The van der Waals surface area contributed by atoms with Crippen LogP contribution in [-0.4, -0.2) is 15.5 Å². The van der Waals surface area contributed by atoms with Gasteiger partial charge in [0.05, 0.1) is 0 Å². The summed E-state index contributed by atoms with van der Waals surface area (Å²) in [5, 5.41) is 3.48. The van der Waals surface area contributed by atoms with Crippen molar-refractivity contribution >= 4 is 5.82 Å². The maximum Gasteiger partial charge on any atom is 0.129 e. The van der Waals surface area contributed by atoms with Gasteiger partial charge in [0.25, 0.3) is 0 Å². The second-order valence-corrected chi connectivity index (χ2v) is 5.54. The largest absolute Gasteiger partial charge is 0.365 e. The Balaban J connectivity index is 1.95. The van der Waals surface area contributed by atoms with Gasteiger partial charge in [-0.15, -0.1) is 0 Å². The lowest BCUT2D eigenvalue weighted by Gasteiger charge is -2.27. The molecule has 0 saturated heterocycles. The molecule has 0 saturated carbocycles. The molecule has 2 rings (SSSR count). The standard InChI is InChI=1S/C16H21N3/c1-13-11-15(18-12-17-13)19-16(2,3)10-9-14-7-5-4-6-8-14/h4-8,11-12H,9-10H2,1-3H3,(H,17,18,19). The molecule has 0 atom stereocenters. The Bertz CT molecular complexity index is 521. The van der Waals surface area contributed by atoms with E-state index in [1.165, 1.54) is 5.56 Å². The van der Waals surface area contributed by atoms with Crippen LogP contribution in [0.15, 0.2) is 42.7 Å². The summed E-state index contributed by atoms with van der Waals surface area (Å²) in [6, 6.07) is 12.5. The van der Waals surface area contributed by atoms with E-state index in [0.29, 0.717) is 0 Å². The molecule has 0 radical (unpaired) electrons. The molecule has 2 aromatic rings. The molecule has 0 fully saturated rings. The molecule has 0 aliphatic rings. The van der Waals surface area contributed by atoms with Gasteiger partial charge in [0, 0.05) is 17.3 Å². The van der Waals surface area contributed by atoms with Crippen molar-refractivity contribution < 1.29 is 0 Å². The number of nitrogens with one attached hydrogen (secondary N) is 1. The van der Waals surface area contributed by atoms with E-state index in [0.717, 1.165) is 24.4 Å². The van der Waals surface area contributed by atoms with Crippen LogP contribution in [0.5, 0.6) is 0 Å². The van der Waals surface area contributed by atoms with Crippen molar-refractivity contribution in [1.82, 2.24) is 9.97 Å². The van der Waals surface area contributed by atoms with Crippen LogP contribution in [0.4, 0.5) is 5.82 Å². The average molecular weight is 255 g/mol. The fourth-order valence-electron chi connectivity index (χ4n) is 2.03. The quantitative estimate of drug-likeness (QED) is 0.887. The molecule has 3 heteroatoms. The van der Waals surface area contributed by atoms with Crippen LogP contribution < -0.4 is 5.32 Å². The molecule has 0 amide bonds. The Hall–Kier alpha value is -1.90. The maximum atomic E-state index is 4.26. The smallest absolute Gasteiger partial charge is 0.129 e. The first kappa shape index (κ1) is 13.5. The summed E-state index contributed by atoms with van der Waals surface area (Å²) in [5.74, 6) is 0.894. The number of hydrogen-bond donors (Lipinski definition) is 1. The highest BCUT2D eigenvalue weighted by Gasteiger charge is 2.17. The summed E-state index contributed by atoms with van der Waals surface area (Å²) < 4.78 is 0. The highest BCUT2D eigenvalue weighted by atomic mass is 15.1. The third-order valence-electron chi connectivity index (χ3n) is 3.15. The van der Waals surface area contributed by atoms with Gasteiger partial charge in [-0.2, -0.15) is 0 Å². The minimum atomic E-state index is 0.0106. The third kappa shape index (κ3) is 4.36. The normalized spacial score (nSPS) is 11.3. The number of rotatable bonds is 5. The molecule has 0 aliphatic carbocycles. The third-order valence-corrected chi connectivity index (χ3v) is 3.15. The van der Waals surface area contributed by atoms with Crippen molar-refractivity contribution in [3.8, 4) is 0 Å². The van der Waals surface area contributed by atoms with E-state index in [1.807, 2.05) is 13.0 Å². The Morgan fingerprint density at radius 2 is 1.84 bits per heavy atom. The Kier molecular flexibility index (Phi) is 4.15. The number of hydrogen-bond acceptors (Lipinski definition) is 3. The number of anilines is 1. The number of benzene rings is 1. The van der Waals surface area contributed by atoms with Crippen LogP contribution in [0.1, 0.15) is 31.5 Å². The van der Waals surface area contributed by atoms with Gasteiger partial charge in [0.1, 0.15) is 12.1 Å². The highest BCUT2D eigenvalue weighted by molar-refractivity contribution is 5.37. The van der Waals surface area contributed by atoms with Crippen molar-refractivity contribution in [2.45, 2.75) is 39.2 Å². The van der Waals surface area contributed by atoms with Crippen molar-refractivity contribution in [3.63, 3.8) is 0 Å². The van der Waals surface area contributed by atoms with Gasteiger partial charge in [-0.1, -0.05) is 30.3 Å². The zero-order chi connectivity index (χ0) is 13.7. The zero-order valence-electron chi connectivity index (χ0n) is 11.9. The van der Waals surface area contributed by atoms with E-state index in [2.05, 4.69) is 59.5 Å². The van der Waals surface area contributed by atoms with Gasteiger partial charge in [-0.25, -0.2) is 9.97 Å². The molecule has 1 aromatic heterocycles. The molecule has 0 unspecified atom stereocenters. The zero-order valence-corrected chi connectivity index (χ0v) is 11.9. The number of aromatic nitrogens is 2. The Morgan fingerprint density at radius 1 is 1.11 bits per heavy atom. The lowest BCUT2D eigenvalue weighted by molar-refractivity contribution is 0.516. The minimum Gasteiger partial charge on any atom is -0.365 e. The van der Waals surface area contributed by atoms with Gasteiger partial charge in [-0.05, 0) is 39.2 Å². The molecule has 100 valence electrons. The predicted octanol–water partition coefficient (Wildman–Crippen LogP) is 3.61. The van der Waals surface area contributed by atoms with Crippen LogP contribution in [0.3, 0.4) is 0 Å². The average Bonchev–Trinajstić information content (AvgIpc) is 2.37. The van der Waals surface area contributed by atoms with Gasteiger partial charge in [0.2, 0.25) is 0 Å². The van der Waals surface area contributed by atoms with Gasteiger partial charge in [0.15, 0.2) is 0 Å². The lowest BCUT2D eigenvalue weighted by Crippen LogP contribution is -2.31. The van der Waals surface area contributed by atoms with E-state index in [4.69, 9.17) is 0 Å². The fourth-order valence-corrected chi connectivity index (χ4v) is 2.03. The highest BCUT2D eigenvalue weighted by Crippen LogP contribution is 2.19. The number of aryl methyl sites for hydroxylation is 2. The first-order valence-electron chi connectivity index (χ1n) is 6.66.